The van der Waals surface area contributed by atoms with Crippen molar-refractivity contribution < 1.29 is 47.7 Å². The number of carbonyl (C=O) groups excluding carboxylic acids is 5. The Hall–Kier alpha value is -4.35. The van der Waals surface area contributed by atoms with Crippen molar-refractivity contribution in [1.82, 2.24) is 5.32 Å². The molecule has 0 unspecified atom stereocenters. The van der Waals surface area contributed by atoms with Gasteiger partial charge in [-0.1, -0.05) is 0 Å². The van der Waals surface area contributed by atoms with Gasteiger partial charge in [0.15, 0.2) is 23.9 Å². The van der Waals surface area contributed by atoms with Crippen LogP contribution in [-0.2, 0) is 33.4 Å². The number of dihydropyridines is 1. The lowest BCUT2D eigenvalue weighted by molar-refractivity contribution is -0.152. The van der Waals surface area contributed by atoms with E-state index in [0.29, 0.717) is 11.5 Å². The molecule has 12 heteroatoms. The van der Waals surface area contributed by atoms with Crippen molar-refractivity contribution in [2.45, 2.75) is 20.8 Å². The Morgan fingerprint density at radius 2 is 1.51 bits per heavy atom. The van der Waals surface area contributed by atoms with Crippen molar-refractivity contribution in [1.29, 1.82) is 0 Å². The second-order valence-corrected chi connectivity index (χ2v) is 7.58. The van der Waals surface area contributed by atoms with Crippen LogP contribution in [0.5, 0.6) is 11.5 Å². The maximum atomic E-state index is 13.0. The molecule has 0 atom stereocenters. The minimum Gasteiger partial charge on any atom is -0.466 e. The van der Waals surface area contributed by atoms with Crippen molar-refractivity contribution in [2.24, 2.45) is 5.92 Å². The maximum absolute atomic E-state index is 13.0. The summed E-state index contributed by atoms with van der Waals surface area (Å²) in [5.74, 6) is -4.65. The number of carbonyl (C=O) groups is 5. The minimum absolute atomic E-state index is 0.0249. The third kappa shape index (κ3) is 5.10. The lowest BCUT2D eigenvalue weighted by atomic mass is 9.85. The number of amides is 1. The maximum Gasteiger partial charge on any atom is 0.336 e. The van der Waals surface area contributed by atoms with Gasteiger partial charge in [-0.15, -0.1) is 0 Å². The molecule has 1 amide bonds. The average molecular weight is 488 g/mol. The van der Waals surface area contributed by atoms with Crippen LogP contribution in [0, 0.1) is 5.92 Å². The molecule has 2 aliphatic heterocycles. The predicted molar refractivity (Wildman–Crippen MR) is 118 cm³/mol. The zero-order valence-electron chi connectivity index (χ0n) is 19.7. The van der Waals surface area contributed by atoms with Gasteiger partial charge in [-0.3, -0.25) is 14.4 Å². The fraction of sp³-hybridized carbons (Fsp3) is 0.348. The number of benzene rings is 1. The van der Waals surface area contributed by atoms with E-state index in [1.807, 2.05) is 0 Å². The molecule has 0 spiro atoms. The summed E-state index contributed by atoms with van der Waals surface area (Å²) < 4.78 is 25.2. The fourth-order valence-corrected chi connectivity index (χ4v) is 3.73. The van der Waals surface area contributed by atoms with E-state index in [-0.39, 0.29) is 46.4 Å². The molecule has 186 valence electrons. The summed E-state index contributed by atoms with van der Waals surface area (Å²) in [6.07, 6.45) is 0. The lowest BCUT2D eigenvalue weighted by Gasteiger charge is -2.28. The van der Waals surface area contributed by atoms with Gasteiger partial charge >= 0.3 is 17.9 Å². The van der Waals surface area contributed by atoms with Crippen molar-refractivity contribution in [3.63, 3.8) is 0 Å². The van der Waals surface area contributed by atoms with E-state index in [1.165, 1.54) is 32.9 Å². The van der Waals surface area contributed by atoms with Crippen LogP contribution < -0.4 is 20.1 Å². The standard InChI is InChI=1S/C23H24N2O10/c1-10-18(21(28)31-4)20(19(11(2)24-10)22(29)32-5)23(30)33-8-17(27)25-14-7-16-15(34-9-35-16)6-13(14)12(3)26/h6-7,20,24H,8-9H2,1-5H3,(H,25,27). The average Bonchev–Trinajstić information content (AvgIpc) is 3.28. The van der Waals surface area contributed by atoms with Crippen molar-refractivity contribution in [3.8, 4) is 11.5 Å². The topological polar surface area (TPSA) is 156 Å². The molecule has 0 saturated heterocycles. The van der Waals surface area contributed by atoms with Gasteiger partial charge in [-0.2, -0.15) is 0 Å². The Balaban J connectivity index is 1.81. The van der Waals surface area contributed by atoms with Crippen LogP contribution in [0.3, 0.4) is 0 Å². The molecule has 0 bridgehead atoms. The SMILES string of the molecule is COC(=O)C1=C(C)NC(C)=C(C(=O)OC)C1C(=O)OCC(=O)Nc1cc2c(cc1C(C)=O)OCO2. The summed E-state index contributed by atoms with van der Waals surface area (Å²) >= 11 is 0. The molecule has 0 aromatic heterocycles. The number of rotatable bonds is 7. The number of esters is 3. The molecule has 2 heterocycles. The second kappa shape index (κ2) is 10.3. The highest BCUT2D eigenvalue weighted by Gasteiger charge is 2.42. The molecule has 0 aliphatic carbocycles. The Morgan fingerprint density at radius 3 is 2.03 bits per heavy atom. The number of fused-ring (bicyclic) bond motifs is 1. The van der Waals surface area contributed by atoms with E-state index in [2.05, 4.69) is 10.6 Å². The highest BCUT2D eigenvalue weighted by Crippen LogP contribution is 2.37. The van der Waals surface area contributed by atoms with Gasteiger partial charge in [0.2, 0.25) is 6.79 Å². The summed E-state index contributed by atoms with van der Waals surface area (Å²) in [6, 6.07) is 2.86. The molecule has 0 radical (unpaired) electrons. The quantitative estimate of drug-likeness (QED) is 0.323. The van der Waals surface area contributed by atoms with Crippen LogP contribution in [0.2, 0.25) is 0 Å². The summed E-state index contributed by atoms with van der Waals surface area (Å²) in [7, 11) is 2.25. The van der Waals surface area contributed by atoms with Crippen molar-refractivity contribution in [2.75, 3.05) is 32.9 Å². The molecule has 35 heavy (non-hydrogen) atoms. The Labute approximate surface area is 200 Å². The first-order valence-corrected chi connectivity index (χ1v) is 10.3. The smallest absolute Gasteiger partial charge is 0.336 e. The van der Waals surface area contributed by atoms with Crippen LogP contribution in [0.1, 0.15) is 31.1 Å². The Bertz CT molecular complexity index is 1140. The molecule has 2 N–H and O–H groups in total. The van der Waals surface area contributed by atoms with Gasteiger partial charge in [0.1, 0.15) is 5.92 Å². The normalized spacial score (nSPS) is 14.8. The Kier molecular flexibility index (Phi) is 7.43. The summed E-state index contributed by atoms with van der Waals surface area (Å²) in [4.78, 5) is 62.4. The third-order valence-electron chi connectivity index (χ3n) is 5.32. The fourth-order valence-electron chi connectivity index (χ4n) is 3.73. The van der Waals surface area contributed by atoms with Crippen LogP contribution in [-0.4, -0.2) is 57.2 Å². The number of allylic oxidation sites excluding steroid dienone is 2. The number of hydrogen-bond donors (Lipinski definition) is 2. The second-order valence-electron chi connectivity index (χ2n) is 7.58. The van der Waals surface area contributed by atoms with E-state index in [0.717, 1.165) is 14.2 Å². The van der Waals surface area contributed by atoms with E-state index in [1.54, 1.807) is 0 Å². The van der Waals surface area contributed by atoms with Gasteiger partial charge in [-0.05, 0) is 26.8 Å². The highest BCUT2D eigenvalue weighted by molar-refractivity contribution is 6.07. The molecule has 0 saturated carbocycles. The number of nitrogens with one attached hydrogen (secondary N) is 2. The number of ketones is 1. The van der Waals surface area contributed by atoms with E-state index >= 15 is 0 Å². The van der Waals surface area contributed by atoms with Crippen LogP contribution in [0.4, 0.5) is 5.69 Å². The van der Waals surface area contributed by atoms with Gasteiger partial charge in [0, 0.05) is 23.0 Å². The van der Waals surface area contributed by atoms with E-state index in [9.17, 15) is 24.0 Å². The summed E-state index contributed by atoms with van der Waals surface area (Å²) in [6.45, 7) is 3.58. The highest BCUT2D eigenvalue weighted by atomic mass is 16.7. The molecule has 2 aliphatic rings. The van der Waals surface area contributed by atoms with E-state index in [4.69, 9.17) is 23.7 Å². The van der Waals surface area contributed by atoms with Crippen molar-refractivity contribution >= 4 is 35.3 Å². The zero-order chi connectivity index (χ0) is 25.9. The van der Waals surface area contributed by atoms with E-state index < -0.39 is 36.3 Å². The molecule has 0 fully saturated rings. The lowest BCUT2D eigenvalue weighted by Crippen LogP contribution is -2.38. The van der Waals surface area contributed by atoms with Crippen molar-refractivity contribution in [3.05, 3.63) is 40.2 Å². The first-order valence-electron chi connectivity index (χ1n) is 10.3. The molecule has 1 aromatic carbocycles. The van der Waals surface area contributed by atoms with Crippen LogP contribution >= 0.6 is 0 Å². The molecular weight excluding hydrogens is 464 g/mol. The van der Waals surface area contributed by atoms with Gasteiger partial charge in [0.05, 0.1) is 31.1 Å². The number of methoxy groups -OCH3 is 2. The van der Waals surface area contributed by atoms with Gasteiger partial charge in [0.25, 0.3) is 5.91 Å². The van der Waals surface area contributed by atoms with Gasteiger partial charge in [-0.25, -0.2) is 9.59 Å². The van der Waals surface area contributed by atoms with Crippen LogP contribution in [0.25, 0.3) is 0 Å². The van der Waals surface area contributed by atoms with Gasteiger partial charge < -0.3 is 34.3 Å². The molecule has 3 rings (SSSR count). The summed E-state index contributed by atoms with van der Waals surface area (Å²) in [5.41, 5.74) is 0.559. The molecular formula is C23H24N2O10. The first kappa shape index (κ1) is 25.3. The zero-order valence-corrected chi connectivity index (χ0v) is 19.7. The van der Waals surface area contributed by atoms with Crippen LogP contribution in [0.15, 0.2) is 34.7 Å². The largest absolute Gasteiger partial charge is 0.466 e. The number of Topliss-reactive ketones (excluding diaryl/α,β-unsaturated/α-hetero) is 1. The number of hydrogen-bond acceptors (Lipinski definition) is 11. The number of ether oxygens (including phenoxy) is 5. The molecule has 12 nitrogen and oxygen atoms in total. The molecule has 1 aromatic rings. The monoisotopic (exact) mass is 488 g/mol. The Morgan fingerprint density at radius 1 is 0.971 bits per heavy atom. The summed E-state index contributed by atoms with van der Waals surface area (Å²) in [5, 5.41) is 5.34. The minimum atomic E-state index is -1.48. The first-order chi connectivity index (χ1) is 16.6. The number of anilines is 1. The third-order valence-corrected chi connectivity index (χ3v) is 5.32. The predicted octanol–water partition coefficient (Wildman–Crippen LogP) is 1.21.